The summed E-state index contributed by atoms with van der Waals surface area (Å²) in [5, 5.41) is 0.220. The second kappa shape index (κ2) is 12.1. The van der Waals surface area contributed by atoms with Gasteiger partial charge in [-0.25, -0.2) is 0 Å². The Bertz CT molecular complexity index is 1830. The fourth-order valence-corrected chi connectivity index (χ4v) is 10.2. The van der Waals surface area contributed by atoms with E-state index in [4.69, 9.17) is 23.4 Å². The lowest BCUT2D eigenvalue weighted by Gasteiger charge is -2.59. The largest absolute Gasteiger partial charge is 0.496 e. The Balaban J connectivity index is 1.58. The highest BCUT2D eigenvalue weighted by Gasteiger charge is 2.64. The monoisotopic (exact) mass is 658 g/mol. The number of benzene rings is 1. The Kier molecular flexibility index (Phi) is 8.49. The maximum Gasteiger partial charge on any atom is 0.311 e. The van der Waals surface area contributed by atoms with E-state index in [0.717, 1.165) is 43.3 Å². The van der Waals surface area contributed by atoms with Crippen molar-refractivity contribution in [3.05, 3.63) is 69.8 Å². The maximum absolute atomic E-state index is 14.8. The molecule has 0 aliphatic heterocycles. The molecule has 4 aliphatic rings. The lowest BCUT2D eigenvalue weighted by molar-refractivity contribution is -0.168. The fourth-order valence-electron chi connectivity index (χ4n) is 10.2. The SMILES string of the molecule is C=C1CC[C@@H]2[C@](C)(CCC[C@]2(C)C(=O)OC)[C@H]1C[C@H]1C(C)=CC[C@H]2C(=O)C(OC)=CC(=O)[C@]21c1cc(=O)c2c(OC)cc(OC)cc2o1. The van der Waals surface area contributed by atoms with E-state index in [1.807, 2.05) is 19.9 Å². The van der Waals surface area contributed by atoms with E-state index >= 15 is 0 Å². The molecule has 2 aromatic rings. The molecular formula is C39H46O9. The second-order valence-corrected chi connectivity index (χ2v) is 14.6. The number of ketones is 2. The molecule has 0 radical (unpaired) electrons. The van der Waals surface area contributed by atoms with Crippen LogP contribution >= 0.6 is 0 Å². The van der Waals surface area contributed by atoms with Crippen LogP contribution in [0.15, 0.2) is 63.0 Å². The molecule has 0 saturated heterocycles. The van der Waals surface area contributed by atoms with Gasteiger partial charge in [0.05, 0.1) is 33.9 Å². The van der Waals surface area contributed by atoms with Gasteiger partial charge in [-0.05, 0) is 69.6 Å². The molecule has 0 amide bonds. The average Bonchev–Trinajstić information content (AvgIpc) is 3.07. The second-order valence-electron chi connectivity index (χ2n) is 14.6. The minimum absolute atomic E-state index is 0.00553. The normalized spacial score (nSPS) is 33.3. The minimum Gasteiger partial charge on any atom is -0.496 e. The zero-order valence-corrected chi connectivity index (χ0v) is 29.0. The van der Waals surface area contributed by atoms with Gasteiger partial charge in [-0.1, -0.05) is 37.1 Å². The Morgan fingerprint density at radius 3 is 2.42 bits per heavy atom. The van der Waals surface area contributed by atoms with Gasteiger partial charge in [-0.15, -0.1) is 0 Å². The Hall–Kier alpha value is -4.14. The number of hydrogen-bond acceptors (Lipinski definition) is 9. The van der Waals surface area contributed by atoms with Crippen LogP contribution in [-0.4, -0.2) is 46.0 Å². The molecule has 1 aromatic heterocycles. The minimum atomic E-state index is -1.52. The predicted molar refractivity (Wildman–Crippen MR) is 180 cm³/mol. The molecule has 256 valence electrons. The van der Waals surface area contributed by atoms with Crippen LogP contribution in [0.1, 0.15) is 71.5 Å². The Morgan fingerprint density at radius 2 is 1.75 bits per heavy atom. The molecule has 2 fully saturated rings. The van der Waals surface area contributed by atoms with Crippen LogP contribution in [0.2, 0.25) is 0 Å². The molecule has 6 rings (SSSR count). The van der Waals surface area contributed by atoms with Crippen molar-refractivity contribution in [1.82, 2.24) is 0 Å². The van der Waals surface area contributed by atoms with E-state index in [2.05, 4.69) is 13.5 Å². The van der Waals surface area contributed by atoms with E-state index in [1.165, 1.54) is 40.6 Å². The molecule has 4 aliphatic carbocycles. The highest BCUT2D eigenvalue weighted by atomic mass is 16.5. The highest BCUT2D eigenvalue weighted by Crippen LogP contribution is 2.64. The lowest BCUT2D eigenvalue weighted by atomic mass is 9.44. The zero-order chi connectivity index (χ0) is 34.8. The quantitative estimate of drug-likeness (QED) is 0.238. The summed E-state index contributed by atoms with van der Waals surface area (Å²) in [6.07, 6.45) is 8.15. The number of hydrogen-bond donors (Lipinski definition) is 0. The van der Waals surface area contributed by atoms with Gasteiger partial charge in [-0.3, -0.25) is 19.2 Å². The smallest absolute Gasteiger partial charge is 0.311 e. The number of Topliss-reactive ketones (excluding diaryl/α,β-unsaturated/α-hetero) is 1. The van der Waals surface area contributed by atoms with E-state index in [1.54, 1.807) is 12.1 Å². The van der Waals surface area contributed by atoms with Gasteiger partial charge in [0.25, 0.3) is 0 Å². The first-order valence-corrected chi connectivity index (χ1v) is 16.8. The summed E-state index contributed by atoms with van der Waals surface area (Å²) >= 11 is 0. The zero-order valence-electron chi connectivity index (χ0n) is 29.0. The number of methoxy groups -OCH3 is 4. The number of allylic oxidation sites excluding steroid dienone is 5. The van der Waals surface area contributed by atoms with Crippen LogP contribution in [0.5, 0.6) is 11.5 Å². The Labute approximate surface area is 281 Å². The molecule has 1 aromatic carbocycles. The van der Waals surface area contributed by atoms with E-state index in [-0.39, 0.29) is 74.9 Å². The van der Waals surface area contributed by atoms with Crippen molar-refractivity contribution in [2.24, 2.45) is 34.5 Å². The number of carbonyl (C=O) groups is 3. The molecule has 9 heteroatoms. The van der Waals surface area contributed by atoms with Crippen molar-refractivity contribution in [3.8, 4) is 11.5 Å². The Morgan fingerprint density at radius 1 is 1.00 bits per heavy atom. The summed E-state index contributed by atoms with van der Waals surface area (Å²) in [6.45, 7) is 10.8. The third kappa shape index (κ3) is 4.71. The van der Waals surface area contributed by atoms with Crippen LogP contribution < -0.4 is 14.9 Å². The molecule has 0 spiro atoms. The van der Waals surface area contributed by atoms with Gasteiger partial charge in [0.2, 0.25) is 5.78 Å². The van der Waals surface area contributed by atoms with Gasteiger partial charge in [0, 0.05) is 36.1 Å². The summed E-state index contributed by atoms with van der Waals surface area (Å²) in [5.41, 5.74) is -0.653. The molecule has 0 unspecified atom stereocenters. The van der Waals surface area contributed by atoms with Crippen molar-refractivity contribution in [2.75, 3.05) is 28.4 Å². The van der Waals surface area contributed by atoms with Crippen LogP contribution in [0.3, 0.4) is 0 Å². The molecule has 2 saturated carbocycles. The topological polar surface area (TPSA) is 118 Å². The third-order valence-electron chi connectivity index (χ3n) is 12.5. The highest BCUT2D eigenvalue weighted by molar-refractivity contribution is 6.14. The number of fused-ring (bicyclic) bond motifs is 3. The predicted octanol–water partition coefficient (Wildman–Crippen LogP) is 6.65. The van der Waals surface area contributed by atoms with Crippen molar-refractivity contribution >= 4 is 28.5 Å². The standard InChI is InChI=1S/C39H46O9/c1-21-11-13-31-37(3,14-9-15-38(31,4)36(43)47-8)25(21)18-26-22(2)10-12-24-35(42)30(46-7)20-32(41)39(24,26)33-19-27(40)34-28(45-6)16-23(44-5)17-29(34)48-33/h10,16-17,19-20,24-26,31H,1,9,11-15,18H2,2-8H3/t24-,25-,26-,31+,37+,38-,39-/m0/s1. The number of ether oxygens (including phenoxy) is 4. The van der Waals surface area contributed by atoms with Crippen LogP contribution in [0, 0.1) is 34.5 Å². The molecule has 0 bridgehead atoms. The van der Waals surface area contributed by atoms with Gasteiger partial charge >= 0.3 is 5.97 Å². The van der Waals surface area contributed by atoms with Crippen molar-refractivity contribution in [1.29, 1.82) is 0 Å². The summed E-state index contributed by atoms with van der Waals surface area (Å²) < 4.78 is 28.4. The first kappa shape index (κ1) is 33.7. The van der Waals surface area contributed by atoms with Gasteiger partial charge in [0.1, 0.15) is 33.6 Å². The van der Waals surface area contributed by atoms with Gasteiger partial charge in [0.15, 0.2) is 17.0 Å². The lowest BCUT2D eigenvalue weighted by Crippen LogP contribution is -2.58. The van der Waals surface area contributed by atoms with Crippen molar-refractivity contribution < 1.29 is 37.7 Å². The summed E-state index contributed by atoms with van der Waals surface area (Å²) in [6, 6.07) is 4.57. The number of esters is 1. The van der Waals surface area contributed by atoms with E-state index in [9.17, 15) is 19.2 Å². The van der Waals surface area contributed by atoms with Crippen molar-refractivity contribution in [2.45, 2.75) is 71.1 Å². The van der Waals surface area contributed by atoms with Gasteiger partial charge in [-0.2, -0.15) is 0 Å². The van der Waals surface area contributed by atoms with E-state index in [0.29, 0.717) is 12.2 Å². The van der Waals surface area contributed by atoms with E-state index < -0.39 is 22.7 Å². The third-order valence-corrected chi connectivity index (χ3v) is 12.5. The number of rotatable bonds is 7. The molecular weight excluding hydrogens is 612 g/mol. The van der Waals surface area contributed by atoms with Gasteiger partial charge < -0.3 is 23.4 Å². The van der Waals surface area contributed by atoms with Crippen LogP contribution in [-0.2, 0) is 29.3 Å². The molecule has 0 N–H and O–H groups in total. The fraction of sp³-hybridized carbons (Fsp3) is 0.538. The molecule has 9 nitrogen and oxygen atoms in total. The first-order valence-electron chi connectivity index (χ1n) is 16.8. The molecule has 48 heavy (non-hydrogen) atoms. The van der Waals surface area contributed by atoms with Crippen LogP contribution in [0.4, 0.5) is 0 Å². The summed E-state index contributed by atoms with van der Waals surface area (Å²) in [4.78, 5) is 56.2. The molecule has 1 heterocycles. The maximum atomic E-state index is 14.8. The molecule has 7 atom stereocenters. The number of carbonyl (C=O) groups excluding carboxylic acids is 3. The summed E-state index contributed by atoms with van der Waals surface area (Å²) in [7, 11) is 5.80. The first-order chi connectivity index (χ1) is 22.8. The van der Waals surface area contributed by atoms with Crippen LogP contribution in [0.25, 0.3) is 11.0 Å². The average molecular weight is 659 g/mol. The summed E-state index contributed by atoms with van der Waals surface area (Å²) in [5.74, 6) is -1.42. The van der Waals surface area contributed by atoms with Crippen molar-refractivity contribution in [3.63, 3.8) is 0 Å².